The lowest BCUT2D eigenvalue weighted by molar-refractivity contribution is -0.126. The van der Waals surface area contributed by atoms with Gasteiger partial charge in [-0.2, -0.15) is 10.2 Å². The van der Waals surface area contributed by atoms with Crippen molar-refractivity contribution in [2.24, 2.45) is 16.9 Å². The Morgan fingerprint density at radius 1 is 1.41 bits per heavy atom. The Morgan fingerprint density at radius 3 is 2.91 bits per heavy atom. The fourth-order valence-electron chi connectivity index (χ4n) is 5.26. The number of carbonyl (C=O) groups excluding carboxylic acids is 3. The molecule has 1 aromatic heterocycles. The van der Waals surface area contributed by atoms with E-state index in [1.165, 1.54) is 0 Å². The first-order chi connectivity index (χ1) is 15.5. The van der Waals surface area contributed by atoms with Crippen LogP contribution in [0.5, 0.6) is 0 Å². The van der Waals surface area contributed by atoms with Gasteiger partial charge in [-0.1, -0.05) is 0 Å². The van der Waals surface area contributed by atoms with E-state index in [2.05, 4.69) is 20.9 Å². The number of carboxylic acid groups (broad SMARTS) is 1. The highest BCUT2D eigenvalue weighted by molar-refractivity contribution is 6.39. The molecule has 4 atom stereocenters. The zero-order chi connectivity index (χ0) is 22.7. The van der Waals surface area contributed by atoms with Gasteiger partial charge in [0.05, 0.1) is 18.2 Å². The van der Waals surface area contributed by atoms with Crippen molar-refractivity contribution in [3.63, 3.8) is 0 Å². The van der Waals surface area contributed by atoms with E-state index in [0.717, 1.165) is 12.8 Å². The van der Waals surface area contributed by atoms with E-state index >= 15 is 0 Å². The van der Waals surface area contributed by atoms with Gasteiger partial charge in [0.1, 0.15) is 12.3 Å². The molecule has 5 heterocycles. The van der Waals surface area contributed by atoms with Gasteiger partial charge in [0.15, 0.2) is 0 Å². The number of rotatable bonds is 5. The summed E-state index contributed by atoms with van der Waals surface area (Å²) in [5, 5.41) is 17.9. The highest BCUT2D eigenvalue weighted by Gasteiger charge is 2.63. The standard InChI is InChI=1S/C19H24N6O4.CH2O2/c26-16-3-2-14(22-23-16)18(28)24-9-13-12(15-4-5-19(13,11-24)29-15)8-20-17(27)10-25-7-1-6-21-25;2-1-3/h1,6-7,12-13,15H,2-5,8-11H2,(H,20,27)(H,23,26);1H,(H,2,3)/t12-,13+,15+,19+;/m0./s1. The summed E-state index contributed by atoms with van der Waals surface area (Å²) in [5.74, 6) is 0.0301. The molecule has 2 bridgehead atoms. The average molecular weight is 446 g/mol. The van der Waals surface area contributed by atoms with Gasteiger partial charge in [-0.05, 0) is 18.9 Å². The third-order valence-electron chi connectivity index (χ3n) is 6.62. The van der Waals surface area contributed by atoms with E-state index in [9.17, 15) is 14.4 Å². The molecule has 172 valence electrons. The predicted molar refractivity (Wildman–Crippen MR) is 109 cm³/mol. The second-order valence-corrected chi connectivity index (χ2v) is 8.42. The molecule has 3 N–H and O–H groups in total. The van der Waals surface area contributed by atoms with Gasteiger partial charge in [0.25, 0.3) is 12.4 Å². The van der Waals surface area contributed by atoms with E-state index in [1.54, 1.807) is 28.0 Å². The maximum Gasteiger partial charge on any atom is 0.290 e. The third kappa shape index (κ3) is 4.22. The number of hydrogen-bond donors (Lipinski definition) is 3. The summed E-state index contributed by atoms with van der Waals surface area (Å²) < 4.78 is 7.94. The van der Waals surface area contributed by atoms with E-state index in [-0.39, 0.29) is 60.7 Å². The normalized spacial score (nSPS) is 30.0. The molecule has 0 aromatic carbocycles. The summed E-state index contributed by atoms with van der Waals surface area (Å²) in [6, 6.07) is 1.78. The largest absolute Gasteiger partial charge is 0.483 e. The third-order valence-corrected chi connectivity index (χ3v) is 6.62. The van der Waals surface area contributed by atoms with Crippen molar-refractivity contribution in [1.29, 1.82) is 0 Å². The fourth-order valence-corrected chi connectivity index (χ4v) is 5.26. The van der Waals surface area contributed by atoms with Crippen molar-refractivity contribution < 1.29 is 29.0 Å². The molecule has 0 aliphatic carbocycles. The Balaban J connectivity index is 0.000000775. The number of hydrazone groups is 1. The summed E-state index contributed by atoms with van der Waals surface area (Å²) in [7, 11) is 0. The lowest BCUT2D eigenvalue weighted by atomic mass is 9.73. The van der Waals surface area contributed by atoms with Gasteiger partial charge in [-0.25, -0.2) is 5.43 Å². The van der Waals surface area contributed by atoms with Gasteiger partial charge >= 0.3 is 0 Å². The molecule has 4 aliphatic heterocycles. The first-order valence-corrected chi connectivity index (χ1v) is 10.6. The van der Waals surface area contributed by atoms with Crippen LogP contribution in [-0.2, 0) is 30.5 Å². The molecule has 3 amide bonds. The molecule has 12 heteroatoms. The molecular weight excluding hydrogens is 420 g/mol. The Bertz CT molecular complexity index is 918. The molecule has 3 fully saturated rings. The van der Waals surface area contributed by atoms with Crippen molar-refractivity contribution in [1.82, 2.24) is 25.4 Å². The molecule has 3 saturated heterocycles. The second kappa shape index (κ2) is 9.07. The van der Waals surface area contributed by atoms with Crippen LogP contribution in [0.2, 0.25) is 0 Å². The van der Waals surface area contributed by atoms with E-state index in [4.69, 9.17) is 14.6 Å². The van der Waals surface area contributed by atoms with Gasteiger partial charge < -0.3 is 20.1 Å². The Morgan fingerprint density at radius 2 is 2.22 bits per heavy atom. The molecule has 0 saturated carbocycles. The molecule has 0 unspecified atom stereocenters. The van der Waals surface area contributed by atoms with Crippen LogP contribution in [0.25, 0.3) is 0 Å². The minimum atomic E-state index is -0.309. The van der Waals surface area contributed by atoms with Crippen molar-refractivity contribution in [3.05, 3.63) is 18.5 Å². The monoisotopic (exact) mass is 446 g/mol. The first-order valence-electron chi connectivity index (χ1n) is 10.6. The summed E-state index contributed by atoms with van der Waals surface area (Å²) in [6.45, 7) is 1.63. The average Bonchev–Trinajstić information content (AvgIpc) is 3.54. The fraction of sp³-hybridized carbons (Fsp3) is 0.600. The van der Waals surface area contributed by atoms with E-state index in [0.29, 0.717) is 31.8 Å². The molecule has 5 rings (SSSR count). The number of fused-ring (bicyclic) bond motifs is 1. The molecule has 32 heavy (non-hydrogen) atoms. The number of amides is 3. The van der Waals surface area contributed by atoms with Gasteiger partial charge in [-0.15, -0.1) is 0 Å². The molecule has 12 nitrogen and oxygen atoms in total. The molecular formula is C20H26N6O6. The summed E-state index contributed by atoms with van der Waals surface area (Å²) in [5.41, 5.74) is 2.49. The topological polar surface area (TPSA) is 155 Å². The summed E-state index contributed by atoms with van der Waals surface area (Å²) in [4.78, 5) is 46.6. The Hall–Kier alpha value is -3.28. The Labute approximate surface area is 184 Å². The van der Waals surface area contributed by atoms with Gasteiger partial charge in [-0.3, -0.25) is 23.9 Å². The summed E-state index contributed by atoms with van der Waals surface area (Å²) in [6.07, 6.45) is 6.08. The van der Waals surface area contributed by atoms with Gasteiger partial charge in [0, 0.05) is 50.2 Å². The quantitative estimate of drug-likeness (QED) is 0.489. The second-order valence-electron chi connectivity index (χ2n) is 8.42. The van der Waals surface area contributed by atoms with Crippen LogP contribution in [0.1, 0.15) is 25.7 Å². The number of hydrogen-bond acceptors (Lipinski definition) is 7. The summed E-state index contributed by atoms with van der Waals surface area (Å²) >= 11 is 0. The zero-order valence-electron chi connectivity index (χ0n) is 17.5. The van der Waals surface area contributed by atoms with Crippen molar-refractivity contribution in [3.8, 4) is 0 Å². The highest BCUT2D eigenvalue weighted by Crippen LogP contribution is 2.54. The smallest absolute Gasteiger partial charge is 0.290 e. The Kier molecular flexibility index (Phi) is 6.21. The van der Waals surface area contributed by atoms with Crippen LogP contribution in [0.3, 0.4) is 0 Å². The SMILES string of the molecule is O=C(Cn1cccn1)NC[C@H]1[C@H]2CN(C(=O)C3=NNC(=O)CC3)C[C@]23CC[C@H]1O3.O=CO. The van der Waals surface area contributed by atoms with Crippen LogP contribution in [0.4, 0.5) is 0 Å². The lowest BCUT2D eigenvalue weighted by Gasteiger charge is -2.29. The number of ether oxygens (including phenoxy) is 1. The van der Waals surface area contributed by atoms with Crippen LogP contribution in [-0.4, -0.2) is 81.0 Å². The van der Waals surface area contributed by atoms with Crippen LogP contribution in [0, 0.1) is 11.8 Å². The number of nitrogens with zero attached hydrogens (tertiary/aromatic N) is 4. The molecule has 4 aliphatic rings. The molecule has 1 aromatic rings. The first kappa shape index (κ1) is 21.9. The van der Waals surface area contributed by atoms with E-state index < -0.39 is 0 Å². The van der Waals surface area contributed by atoms with Crippen LogP contribution < -0.4 is 10.7 Å². The zero-order valence-corrected chi connectivity index (χ0v) is 17.5. The lowest BCUT2D eigenvalue weighted by Crippen LogP contribution is -2.42. The maximum atomic E-state index is 12.9. The van der Waals surface area contributed by atoms with E-state index in [1.807, 2.05) is 0 Å². The number of aromatic nitrogens is 2. The van der Waals surface area contributed by atoms with Crippen molar-refractivity contribution in [2.75, 3.05) is 19.6 Å². The van der Waals surface area contributed by atoms with Gasteiger partial charge in [0.2, 0.25) is 11.8 Å². The minimum Gasteiger partial charge on any atom is -0.483 e. The molecule has 1 spiro atoms. The van der Waals surface area contributed by atoms with Crippen LogP contribution in [0.15, 0.2) is 23.6 Å². The van der Waals surface area contributed by atoms with Crippen molar-refractivity contribution >= 4 is 29.9 Å². The highest BCUT2D eigenvalue weighted by atomic mass is 16.5. The minimum absolute atomic E-state index is 0.0799. The maximum absolute atomic E-state index is 12.9. The van der Waals surface area contributed by atoms with Crippen molar-refractivity contribution in [2.45, 2.75) is 43.9 Å². The predicted octanol–water partition coefficient (Wildman–Crippen LogP) is -1.03. The number of likely N-dealkylation sites (tertiary alicyclic amines) is 1. The number of nitrogens with one attached hydrogen (secondary N) is 2. The number of carbonyl (C=O) groups is 4. The van der Waals surface area contributed by atoms with Crippen LogP contribution >= 0.6 is 0 Å². The molecule has 0 radical (unpaired) electrons.